The Morgan fingerprint density at radius 2 is 1.85 bits per heavy atom. The first kappa shape index (κ1) is 16.0. The Labute approximate surface area is 150 Å². The summed E-state index contributed by atoms with van der Waals surface area (Å²) in [5.74, 6) is 0.763. The number of rotatable bonds is 3. The van der Waals surface area contributed by atoms with E-state index < -0.39 is 5.92 Å². The van der Waals surface area contributed by atoms with Gasteiger partial charge in [0.05, 0.1) is 20.3 Å². The van der Waals surface area contributed by atoms with E-state index >= 15 is 0 Å². The SMILES string of the molecule is COc1cc(OC)cc(C2c3ccc4[nH]ccc4c3OC(=N)C2C#N)c1. The number of ether oxygens (including phenoxy) is 3. The van der Waals surface area contributed by atoms with Gasteiger partial charge in [-0.15, -0.1) is 0 Å². The van der Waals surface area contributed by atoms with Crippen molar-refractivity contribution < 1.29 is 14.2 Å². The second kappa shape index (κ2) is 6.12. The first-order valence-electron chi connectivity index (χ1n) is 8.15. The third-order valence-corrected chi connectivity index (χ3v) is 4.75. The van der Waals surface area contributed by atoms with E-state index in [1.54, 1.807) is 20.3 Å². The van der Waals surface area contributed by atoms with Gasteiger partial charge in [0.2, 0.25) is 5.90 Å². The largest absolute Gasteiger partial charge is 0.497 e. The van der Waals surface area contributed by atoms with E-state index in [9.17, 15) is 5.26 Å². The number of hydrogen-bond acceptors (Lipinski definition) is 5. The molecule has 2 aromatic carbocycles. The van der Waals surface area contributed by atoms with Gasteiger partial charge >= 0.3 is 0 Å². The van der Waals surface area contributed by atoms with Crippen LogP contribution in [0.4, 0.5) is 0 Å². The van der Waals surface area contributed by atoms with Gasteiger partial charge in [0.1, 0.15) is 23.2 Å². The van der Waals surface area contributed by atoms with E-state index in [1.165, 1.54) is 0 Å². The van der Waals surface area contributed by atoms with Crippen LogP contribution in [0.25, 0.3) is 10.9 Å². The lowest BCUT2D eigenvalue weighted by atomic mass is 9.78. The molecule has 0 bridgehead atoms. The Morgan fingerprint density at radius 3 is 2.50 bits per heavy atom. The van der Waals surface area contributed by atoms with Crippen molar-refractivity contribution in [3.63, 3.8) is 0 Å². The molecule has 2 N–H and O–H groups in total. The van der Waals surface area contributed by atoms with Crippen LogP contribution in [0.15, 0.2) is 42.6 Å². The topological polar surface area (TPSA) is 91.1 Å². The highest BCUT2D eigenvalue weighted by molar-refractivity contribution is 5.94. The first-order valence-corrected chi connectivity index (χ1v) is 8.15. The number of nitrogens with one attached hydrogen (secondary N) is 2. The molecule has 6 nitrogen and oxygen atoms in total. The molecule has 0 spiro atoms. The zero-order valence-electron chi connectivity index (χ0n) is 14.4. The predicted octanol–water partition coefficient (Wildman–Crippen LogP) is 3.83. The number of hydrogen-bond donors (Lipinski definition) is 2. The number of nitriles is 1. The third-order valence-electron chi connectivity index (χ3n) is 4.75. The number of aromatic nitrogens is 1. The molecular formula is C20H17N3O3. The van der Waals surface area contributed by atoms with Crippen molar-refractivity contribution in [3.8, 4) is 23.3 Å². The Bertz CT molecular complexity index is 1030. The molecule has 0 saturated carbocycles. The molecular weight excluding hydrogens is 330 g/mol. The summed E-state index contributed by atoms with van der Waals surface area (Å²) in [7, 11) is 3.17. The van der Waals surface area contributed by atoms with Gasteiger partial charge in [-0.25, -0.2) is 0 Å². The van der Waals surface area contributed by atoms with Crippen LogP contribution in [0.5, 0.6) is 17.2 Å². The number of fused-ring (bicyclic) bond motifs is 3. The highest BCUT2D eigenvalue weighted by Gasteiger charge is 2.38. The van der Waals surface area contributed by atoms with Gasteiger partial charge in [0, 0.05) is 34.6 Å². The maximum atomic E-state index is 9.71. The molecule has 6 heteroatoms. The van der Waals surface area contributed by atoms with Crippen LogP contribution in [0.2, 0.25) is 0 Å². The first-order chi connectivity index (χ1) is 12.7. The van der Waals surface area contributed by atoms with E-state index in [2.05, 4.69) is 11.1 Å². The lowest BCUT2D eigenvalue weighted by molar-refractivity contribution is 0.391. The molecule has 0 amide bonds. The molecule has 26 heavy (non-hydrogen) atoms. The van der Waals surface area contributed by atoms with Crippen LogP contribution < -0.4 is 14.2 Å². The number of H-pyrrole nitrogens is 1. The monoisotopic (exact) mass is 347 g/mol. The standard InChI is InChI=1S/C20H17N3O3/c1-24-12-7-11(8-13(9-12)25-2)18-15-3-4-17-14(5-6-23-17)19(15)26-20(22)16(18)10-21/h3-9,16,18,22-23H,1-2H3. The molecule has 0 fully saturated rings. The van der Waals surface area contributed by atoms with Gasteiger partial charge in [-0.2, -0.15) is 5.26 Å². The minimum Gasteiger partial charge on any atom is -0.497 e. The molecule has 0 aliphatic carbocycles. The van der Waals surface area contributed by atoms with Crippen molar-refractivity contribution in [1.82, 2.24) is 4.98 Å². The molecule has 130 valence electrons. The van der Waals surface area contributed by atoms with E-state index in [4.69, 9.17) is 19.6 Å². The van der Waals surface area contributed by atoms with Crippen molar-refractivity contribution >= 4 is 16.8 Å². The number of nitrogens with zero attached hydrogens (tertiary/aromatic N) is 1. The molecule has 2 atom stereocenters. The maximum Gasteiger partial charge on any atom is 0.205 e. The lowest BCUT2D eigenvalue weighted by Crippen LogP contribution is -2.31. The minimum atomic E-state index is -0.726. The highest BCUT2D eigenvalue weighted by atomic mass is 16.5. The van der Waals surface area contributed by atoms with Gasteiger partial charge in [0.15, 0.2) is 0 Å². The van der Waals surface area contributed by atoms with Gasteiger partial charge < -0.3 is 19.2 Å². The normalized spacial score (nSPS) is 18.7. The maximum absolute atomic E-state index is 9.71. The fourth-order valence-corrected chi connectivity index (χ4v) is 3.50. The molecule has 1 aromatic heterocycles. The smallest absolute Gasteiger partial charge is 0.205 e. The Hall–Kier alpha value is -3.46. The zero-order valence-corrected chi connectivity index (χ0v) is 14.4. The van der Waals surface area contributed by atoms with Crippen molar-refractivity contribution in [2.45, 2.75) is 5.92 Å². The minimum absolute atomic E-state index is 0.0551. The fourth-order valence-electron chi connectivity index (χ4n) is 3.50. The summed E-state index contributed by atoms with van der Waals surface area (Å²) in [6.07, 6.45) is 1.83. The summed E-state index contributed by atoms with van der Waals surface area (Å²) in [6.45, 7) is 0. The number of aromatic amines is 1. The summed E-state index contributed by atoms with van der Waals surface area (Å²) in [5, 5.41) is 18.9. The summed E-state index contributed by atoms with van der Waals surface area (Å²) in [5.41, 5.74) is 2.64. The third kappa shape index (κ3) is 2.37. The summed E-state index contributed by atoms with van der Waals surface area (Å²) >= 11 is 0. The molecule has 0 saturated heterocycles. The number of methoxy groups -OCH3 is 2. The average Bonchev–Trinajstić information content (AvgIpc) is 3.15. The summed E-state index contributed by atoms with van der Waals surface area (Å²) in [4.78, 5) is 3.15. The van der Waals surface area contributed by atoms with Crippen LogP contribution in [0, 0.1) is 22.7 Å². The second-order valence-corrected chi connectivity index (χ2v) is 6.12. The van der Waals surface area contributed by atoms with Crippen molar-refractivity contribution in [2.24, 2.45) is 5.92 Å². The van der Waals surface area contributed by atoms with Gasteiger partial charge in [0.25, 0.3) is 0 Å². The van der Waals surface area contributed by atoms with Crippen LogP contribution in [0.3, 0.4) is 0 Å². The summed E-state index contributed by atoms with van der Waals surface area (Å²) < 4.78 is 16.5. The van der Waals surface area contributed by atoms with Gasteiger partial charge in [-0.3, -0.25) is 5.41 Å². The Kier molecular flexibility index (Phi) is 3.77. The molecule has 2 unspecified atom stereocenters. The Balaban J connectivity index is 1.97. The predicted molar refractivity (Wildman–Crippen MR) is 97.1 cm³/mol. The van der Waals surface area contributed by atoms with Crippen LogP contribution in [0.1, 0.15) is 17.0 Å². The lowest BCUT2D eigenvalue weighted by Gasteiger charge is -2.31. The van der Waals surface area contributed by atoms with E-state index in [0.29, 0.717) is 17.2 Å². The molecule has 1 aliphatic rings. The van der Waals surface area contributed by atoms with Gasteiger partial charge in [-0.05, 0) is 29.8 Å². The van der Waals surface area contributed by atoms with Crippen LogP contribution in [-0.2, 0) is 0 Å². The molecule has 3 aromatic rings. The van der Waals surface area contributed by atoms with Crippen LogP contribution in [-0.4, -0.2) is 25.1 Å². The van der Waals surface area contributed by atoms with Gasteiger partial charge in [-0.1, -0.05) is 6.07 Å². The van der Waals surface area contributed by atoms with Crippen molar-refractivity contribution in [2.75, 3.05) is 14.2 Å². The van der Waals surface area contributed by atoms with E-state index in [1.807, 2.05) is 36.5 Å². The molecule has 0 radical (unpaired) electrons. The second-order valence-electron chi connectivity index (χ2n) is 6.12. The van der Waals surface area contributed by atoms with Crippen molar-refractivity contribution in [3.05, 3.63) is 53.7 Å². The summed E-state index contributed by atoms with van der Waals surface area (Å²) in [6, 6.07) is 13.6. The van der Waals surface area contributed by atoms with E-state index in [0.717, 1.165) is 22.0 Å². The van der Waals surface area contributed by atoms with Crippen LogP contribution >= 0.6 is 0 Å². The average molecular weight is 347 g/mol. The zero-order chi connectivity index (χ0) is 18.3. The molecule has 1 aliphatic heterocycles. The highest BCUT2D eigenvalue weighted by Crippen LogP contribution is 2.46. The molecule has 4 rings (SSSR count). The number of benzene rings is 2. The van der Waals surface area contributed by atoms with Crippen molar-refractivity contribution in [1.29, 1.82) is 10.7 Å². The Morgan fingerprint density at radius 1 is 1.12 bits per heavy atom. The quantitative estimate of drug-likeness (QED) is 0.753. The molecule has 2 heterocycles. The van der Waals surface area contributed by atoms with E-state index in [-0.39, 0.29) is 11.8 Å². The fraction of sp³-hybridized carbons (Fsp3) is 0.200.